The van der Waals surface area contributed by atoms with Crippen LogP contribution < -0.4 is 5.32 Å². The highest BCUT2D eigenvalue weighted by Gasteiger charge is 2.13. The summed E-state index contributed by atoms with van der Waals surface area (Å²) >= 11 is 5.82. The summed E-state index contributed by atoms with van der Waals surface area (Å²) in [6, 6.07) is 12.4. The SMILES string of the molecule is CN(CCc1noc(-c2ccc(F)cc2)n1)C(=O)Nc1ccc(Cl)cc1. The molecule has 0 atom stereocenters. The first kappa shape index (κ1) is 17.9. The van der Waals surface area contributed by atoms with Crippen molar-refractivity contribution in [3.8, 4) is 11.5 Å². The quantitative estimate of drug-likeness (QED) is 0.725. The van der Waals surface area contributed by atoms with E-state index in [-0.39, 0.29) is 11.8 Å². The van der Waals surface area contributed by atoms with E-state index in [4.69, 9.17) is 16.1 Å². The minimum absolute atomic E-state index is 0.255. The molecule has 0 fully saturated rings. The van der Waals surface area contributed by atoms with Gasteiger partial charge in [-0.2, -0.15) is 4.98 Å². The molecular formula is C18H16ClFN4O2. The standard InChI is InChI=1S/C18H16ClFN4O2/c1-24(18(25)21-15-8-4-13(19)5-9-15)11-10-16-22-17(26-23-16)12-2-6-14(20)7-3-12/h2-9H,10-11H2,1H3,(H,21,25). The summed E-state index contributed by atoms with van der Waals surface area (Å²) < 4.78 is 18.1. The van der Waals surface area contributed by atoms with Crippen LogP contribution in [0.4, 0.5) is 14.9 Å². The Balaban J connectivity index is 1.54. The lowest BCUT2D eigenvalue weighted by molar-refractivity contribution is 0.222. The van der Waals surface area contributed by atoms with Crippen LogP contribution in [-0.4, -0.2) is 34.7 Å². The largest absolute Gasteiger partial charge is 0.334 e. The zero-order chi connectivity index (χ0) is 18.5. The number of nitrogens with zero attached hydrogens (tertiary/aromatic N) is 3. The molecule has 2 amide bonds. The van der Waals surface area contributed by atoms with Crippen LogP contribution in [0.2, 0.25) is 5.02 Å². The summed E-state index contributed by atoms with van der Waals surface area (Å²) in [5, 5.41) is 7.26. The van der Waals surface area contributed by atoms with Gasteiger partial charge in [-0.15, -0.1) is 0 Å². The van der Waals surface area contributed by atoms with Gasteiger partial charge in [0.05, 0.1) is 0 Å². The van der Waals surface area contributed by atoms with E-state index in [1.807, 2.05) is 0 Å². The van der Waals surface area contributed by atoms with Gasteiger partial charge in [-0.25, -0.2) is 9.18 Å². The first-order valence-corrected chi connectivity index (χ1v) is 8.25. The summed E-state index contributed by atoms with van der Waals surface area (Å²) in [5.74, 6) is 0.450. The van der Waals surface area contributed by atoms with E-state index < -0.39 is 0 Å². The fourth-order valence-electron chi connectivity index (χ4n) is 2.19. The molecule has 1 N–H and O–H groups in total. The van der Waals surface area contributed by atoms with Crippen LogP contribution in [0.15, 0.2) is 53.1 Å². The van der Waals surface area contributed by atoms with Crippen molar-refractivity contribution >= 4 is 23.3 Å². The number of amides is 2. The molecule has 0 aliphatic heterocycles. The second-order valence-electron chi connectivity index (χ2n) is 5.63. The van der Waals surface area contributed by atoms with Crippen LogP contribution in [0.1, 0.15) is 5.82 Å². The number of aromatic nitrogens is 2. The molecule has 0 bridgehead atoms. The first-order valence-electron chi connectivity index (χ1n) is 7.87. The van der Waals surface area contributed by atoms with E-state index in [2.05, 4.69) is 15.5 Å². The van der Waals surface area contributed by atoms with Crippen molar-refractivity contribution in [3.63, 3.8) is 0 Å². The molecule has 0 aliphatic rings. The third-order valence-electron chi connectivity index (χ3n) is 3.67. The average Bonchev–Trinajstić information content (AvgIpc) is 3.11. The second-order valence-corrected chi connectivity index (χ2v) is 6.07. The highest BCUT2D eigenvalue weighted by molar-refractivity contribution is 6.30. The number of anilines is 1. The molecule has 1 aromatic heterocycles. The predicted octanol–water partition coefficient (Wildman–Crippen LogP) is 4.24. The Morgan fingerprint density at radius 2 is 1.88 bits per heavy atom. The van der Waals surface area contributed by atoms with Crippen molar-refractivity contribution in [3.05, 3.63) is 65.2 Å². The zero-order valence-electron chi connectivity index (χ0n) is 13.9. The molecule has 0 spiro atoms. The van der Waals surface area contributed by atoms with Gasteiger partial charge in [-0.05, 0) is 48.5 Å². The molecular weight excluding hydrogens is 359 g/mol. The summed E-state index contributed by atoms with van der Waals surface area (Å²) in [4.78, 5) is 17.9. The number of carbonyl (C=O) groups is 1. The van der Waals surface area contributed by atoms with E-state index in [9.17, 15) is 9.18 Å². The molecule has 8 heteroatoms. The van der Waals surface area contributed by atoms with Crippen LogP contribution in [0, 0.1) is 5.82 Å². The molecule has 2 aromatic carbocycles. The maximum absolute atomic E-state index is 13.0. The van der Waals surface area contributed by atoms with E-state index in [0.29, 0.717) is 41.0 Å². The van der Waals surface area contributed by atoms with Crippen molar-refractivity contribution in [2.75, 3.05) is 18.9 Å². The van der Waals surface area contributed by atoms with Crippen molar-refractivity contribution in [2.24, 2.45) is 0 Å². The molecule has 0 radical (unpaired) electrons. The third-order valence-corrected chi connectivity index (χ3v) is 3.92. The van der Waals surface area contributed by atoms with Crippen LogP contribution in [0.25, 0.3) is 11.5 Å². The van der Waals surface area contributed by atoms with E-state index >= 15 is 0 Å². The minimum atomic E-state index is -0.332. The van der Waals surface area contributed by atoms with Gasteiger partial charge in [-0.3, -0.25) is 0 Å². The van der Waals surface area contributed by atoms with Crippen molar-refractivity contribution in [1.29, 1.82) is 0 Å². The molecule has 6 nitrogen and oxygen atoms in total. The topological polar surface area (TPSA) is 71.3 Å². The molecule has 26 heavy (non-hydrogen) atoms. The molecule has 0 aliphatic carbocycles. The number of likely N-dealkylation sites (N-methyl/N-ethyl adjacent to an activating group) is 1. The van der Waals surface area contributed by atoms with E-state index in [0.717, 1.165) is 0 Å². The molecule has 3 rings (SSSR count). The van der Waals surface area contributed by atoms with Crippen molar-refractivity contribution in [2.45, 2.75) is 6.42 Å². The number of hydrogen-bond donors (Lipinski definition) is 1. The Morgan fingerprint density at radius 1 is 1.19 bits per heavy atom. The van der Waals surface area contributed by atoms with Crippen LogP contribution in [0.5, 0.6) is 0 Å². The fraction of sp³-hybridized carbons (Fsp3) is 0.167. The summed E-state index contributed by atoms with van der Waals surface area (Å²) in [7, 11) is 1.67. The lowest BCUT2D eigenvalue weighted by Crippen LogP contribution is -2.33. The Hall–Kier alpha value is -2.93. The molecule has 134 valence electrons. The maximum Gasteiger partial charge on any atom is 0.321 e. The highest BCUT2D eigenvalue weighted by atomic mass is 35.5. The molecule has 3 aromatic rings. The van der Waals surface area contributed by atoms with Gasteiger partial charge < -0.3 is 14.7 Å². The lowest BCUT2D eigenvalue weighted by Gasteiger charge is -2.17. The number of nitrogens with one attached hydrogen (secondary N) is 1. The number of halogens is 2. The summed E-state index contributed by atoms with van der Waals surface area (Å²) in [5.41, 5.74) is 1.29. The second kappa shape index (κ2) is 7.97. The number of benzene rings is 2. The maximum atomic E-state index is 13.0. The Kier molecular flexibility index (Phi) is 5.48. The van der Waals surface area contributed by atoms with Gasteiger partial charge >= 0.3 is 6.03 Å². The molecule has 0 unspecified atom stereocenters. The highest BCUT2D eigenvalue weighted by Crippen LogP contribution is 2.17. The van der Waals surface area contributed by atoms with Gasteiger partial charge in [0.15, 0.2) is 5.82 Å². The summed E-state index contributed by atoms with van der Waals surface area (Å²) in [6.45, 7) is 0.405. The summed E-state index contributed by atoms with van der Waals surface area (Å²) in [6.07, 6.45) is 0.426. The molecule has 0 saturated carbocycles. The third kappa shape index (κ3) is 4.58. The van der Waals surface area contributed by atoms with Gasteiger partial charge in [0.1, 0.15) is 5.82 Å². The monoisotopic (exact) mass is 374 g/mol. The van der Waals surface area contributed by atoms with Gasteiger partial charge in [-0.1, -0.05) is 16.8 Å². The Bertz CT molecular complexity index is 881. The van der Waals surface area contributed by atoms with Crippen molar-refractivity contribution < 1.29 is 13.7 Å². The number of urea groups is 1. The van der Waals surface area contributed by atoms with Crippen molar-refractivity contribution in [1.82, 2.24) is 15.0 Å². The van der Waals surface area contributed by atoms with Gasteiger partial charge in [0, 0.05) is 36.3 Å². The predicted molar refractivity (Wildman–Crippen MR) is 96.5 cm³/mol. The van der Waals surface area contributed by atoms with Crippen LogP contribution in [-0.2, 0) is 6.42 Å². The number of rotatable bonds is 5. The Labute approximate surface area is 154 Å². The fourth-order valence-corrected chi connectivity index (χ4v) is 2.31. The smallest absolute Gasteiger partial charge is 0.321 e. The van der Waals surface area contributed by atoms with E-state index in [1.54, 1.807) is 43.4 Å². The lowest BCUT2D eigenvalue weighted by atomic mass is 10.2. The minimum Gasteiger partial charge on any atom is -0.334 e. The Morgan fingerprint density at radius 3 is 2.58 bits per heavy atom. The number of hydrogen-bond acceptors (Lipinski definition) is 4. The zero-order valence-corrected chi connectivity index (χ0v) is 14.7. The first-order chi connectivity index (χ1) is 12.5. The van der Waals surface area contributed by atoms with Crippen LogP contribution in [0.3, 0.4) is 0 Å². The normalized spacial score (nSPS) is 10.6. The molecule has 1 heterocycles. The van der Waals surface area contributed by atoms with Crippen LogP contribution >= 0.6 is 11.6 Å². The van der Waals surface area contributed by atoms with Gasteiger partial charge in [0.2, 0.25) is 0 Å². The van der Waals surface area contributed by atoms with Gasteiger partial charge in [0.25, 0.3) is 5.89 Å². The number of carbonyl (C=O) groups excluding carboxylic acids is 1. The average molecular weight is 375 g/mol. The van der Waals surface area contributed by atoms with E-state index in [1.165, 1.54) is 17.0 Å². The molecule has 0 saturated heterocycles.